The molecule has 1 heterocycles. The SMILES string of the molecule is Brc1ccc(NC(=NCc2ccccc2)N2CCOCC2)cc1. The number of nitrogens with zero attached hydrogens (tertiary/aromatic N) is 2. The average molecular weight is 374 g/mol. The molecule has 5 heteroatoms. The number of rotatable bonds is 3. The minimum absolute atomic E-state index is 0.664. The molecule has 2 aromatic carbocycles. The highest BCUT2D eigenvalue weighted by atomic mass is 79.9. The second-order valence-electron chi connectivity index (χ2n) is 5.36. The third-order valence-corrected chi connectivity index (χ3v) is 4.19. The minimum Gasteiger partial charge on any atom is -0.378 e. The first kappa shape index (κ1) is 16.0. The van der Waals surface area contributed by atoms with Crippen molar-refractivity contribution in [1.82, 2.24) is 4.90 Å². The van der Waals surface area contributed by atoms with Gasteiger partial charge in [-0.15, -0.1) is 0 Å². The van der Waals surface area contributed by atoms with Crippen LogP contribution in [0.5, 0.6) is 0 Å². The first-order valence-corrected chi connectivity index (χ1v) is 8.54. The van der Waals surface area contributed by atoms with Crippen molar-refractivity contribution in [2.45, 2.75) is 6.54 Å². The largest absolute Gasteiger partial charge is 0.378 e. The molecule has 0 amide bonds. The van der Waals surface area contributed by atoms with Crippen LogP contribution in [-0.2, 0) is 11.3 Å². The maximum absolute atomic E-state index is 5.45. The molecule has 1 aliphatic rings. The van der Waals surface area contributed by atoms with E-state index < -0.39 is 0 Å². The lowest BCUT2D eigenvalue weighted by Crippen LogP contribution is -2.44. The summed E-state index contributed by atoms with van der Waals surface area (Å²) >= 11 is 3.46. The monoisotopic (exact) mass is 373 g/mol. The molecule has 0 radical (unpaired) electrons. The predicted molar refractivity (Wildman–Crippen MR) is 97.7 cm³/mol. The maximum atomic E-state index is 5.45. The van der Waals surface area contributed by atoms with E-state index in [0.717, 1.165) is 42.4 Å². The summed E-state index contributed by atoms with van der Waals surface area (Å²) in [7, 11) is 0. The molecule has 0 aromatic heterocycles. The number of anilines is 1. The second-order valence-corrected chi connectivity index (χ2v) is 6.27. The summed E-state index contributed by atoms with van der Waals surface area (Å²) in [5.74, 6) is 0.902. The maximum Gasteiger partial charge on any atom is 0.198 e. The molecule has 0 saturated carbocycles. The van der Waals surface area contributed by atoms with Gasteiger partial charge in [-0.2, -0.15) is 0 Å². The van der Waals surface area contributed by atoms with Gasteiger partial charge in [-0.1, -0.05) is 46.3 Å². The number of hydrogen-bond acceptors (Lipinski definition) is 2. The van der Waals surface area contributed by atoms with Crippen LogP contribution in [0, 0.1) is 0 Å². The van der Waals surface area contributed by atoms with E-state index in [1.807, 2.05) is 42.5 Å². The summed E-state index contributed by atoms with van der Waals surface area (Å²) in [6.45, 7) is 3.87. The van der Waals surface area contributed by atoms with Crippen molar-refractivity contribution in [3.8, 4) is 0 Å². The normalized spacial score (nSPS) is 15.5. The van der Waals surface area contributed by atoms with E-state index in [2.05, 4.69) is 38.3 Å². The number of nitrogens with one attached hydrogen (secondary N) is 1. The summed E-state index contributed by atoms with van der Waals surface area (Å²) in [5, 5.41) is 3.45. The molecule has 0 bridgehead atoms. The van der Waals surface area contributed by atoms with Crippen LogP contribution in [0.15, 0.2) is 64.1 Å². The van der Waals surface area contributed by atoms with Crippen molar-refractivity contribution >= 4 is 27.6 Å². The zero-order chi connectivity index (χ0) is 15.9. The van der Waals surface area contributed by atoms with Crippen molar-refractivity contribution in [2.75, 3.05) is 31.6 Å². The number of aliphatic imine (C=N–C) groups is 1. The Balaban J connectivity index is 1.76. The molecular weight excluding hydrogens is 354 g/mol. The molecule has 120 valence electrons. The van der Waals surface area contributed by atoms with E-state index in [1.54, 1.807) is 0 Å². The van der Waals surface area contributed by atoms with Crippen LogP contribution in [0.2, 0.25) is 0 Å². The molecule has 4 nitrogen and oxygen atoms in total. The van der Waals surface area contributed by atoms with Gasteiger partial charge in [0.1, 0.15) is 0 Å². The molecule has 2 aromatic rings. The number of hydrogen-bond donors (Lipinski definition) is 1. The highest BCUT2D eigenvalue weighted by molar-refractivity contribution is 9.10. The summed E-state index contributed by atoms with van der Waals surface area (Å²) < 4.78 is 6.51. The quantitative estimate of drug-likeness (QED) is 0.657. The fourth-order valence-corrected chi connectivity index (χ4v) is 2.67. The number of guanidine groups is 1. The van der Waals surface area contributed by atoms with Gasteiger partial charge >= 0.3 is 0 Å². The van der Waals surface area contributed by atoms with E-state index in [9.17, 15) is 0 Å². The van der Waals surface area contributed by atoms with Crippen LogP contribution in [0.4, 0.5) is 5.69 Å². The Morgan fingerprint density at radius 1 is 1.04 bits per heavy atom. The van der Waals surface area contributed by atoms with E-state index >= 15 is 0 Å². The molecular formula is C18H20BrN3O. The van der Waals surface area contributed by atoms with Gasteiger partial charge in [-0.05, 0) is 29.8 Å². The number of ether oxygens (including phenoxy) is 1. The molecule has 0 spiro atoms. The molecule has 23 heavy (non-hydrogen) atoms. The Labute approximate surface area is 145 Å². The lowest BCUT2D eigenvalue weighted by atomic mass is 10.2. The molecule has 0 aliphatic carbocycles. The molecule has 3 rings (SSSR count). The Morgan fingerprint density at radius 2 is 1.74 bits per heavy atom. The number of halogens is 1. The number of morpholine rings is 1. The Kier molecular flexibility index (Phi) is 5.66. The van der Waals surface area contributed by atoms with Gasteiger partial charge in [0.15, 0.2) is 5.96 Å². The lowest BCUT2D eigenvalue weighted by molar-refractivity contribution is 0.0679. The third kappa shape index (κ3) is 4.81. The Morgan fingerprint density at radius 3 is 2.43 bits per heavy atom. The van der Waals surface area contributed by atoms with E-state index in [4.69, 9.17) is 9.73 Å². The lowest BCUT2D eigenvalue weighted by Gasteiger charge is -2.30. The van der Waals surface area contributed by atoms with Crippen LogP contribution in [0.1, 0.15) is 5.56 Å². The van der Waals surface area contributed by atoms with E-state index in [1.165, 1.54) is 5.56 Å². The molecule has 0 unspecified atom stereocenters. The topological polar surface area (TPSA) is 36.9 Å². The zero-order valence-electron chi connectivity index (χ0n) is 12.9. The highest BCUT2D eigenvalue weighted by Crippen LogP contribution is 2.15. The average Bonchev–Trinajstić information content (AvgIpc) is 2.62. The van der Waals surface area contributed by atoms with Crippen molar-refractivity contribution < 1.29 is 4.74 Å². The fourth-order valence-electron chi connectivity index (χ4n) is 2.41. The molecule has 1 saturated heterocycles. The zero-order valence-corrected chi connectivity index (χ0v) is 14.5. The number of benzene rings is 2. The van der Waals surface area contributed by atoms with Crippen LogP contribution in [0.25, 0.3) is 0 Å². The Hall–Kier alpha value is -1.85. The second kappa shape index (κ2) is 8.13. The van der Waals surface area contributed by atoms with Crippen LogP contribution >= 0.6 is 15.9 Å². The van der Waals surface area contributed by atoms with E-state index in [-0.39, 0.29) is 0 Å². The molecule has 1 N–H and O–H groups in total. The summed E-state index contributed by atoms with van der Waals surface area (Å²) in [6, 6.07) is 18.4. The molecule has 1 fully saturated rings. The first-order valence-electron chi connectivity index (χ1n) is 7.75. The third-order valence-electron chi connectivity index (χ3n) is 3.67. The molecule has 0 atom stereocenters. The summed E-state index contributed by atoms with van der Waals surface area (Å²) in [5.41, 5.74) is 2.24. The van der Waals surface area contributed by atoms with Crippen molar-refractivity contribution in [2.24, 2.45) is 4.99 Å². The highest BCUT2D eigenvalue weighted by Gasteiger charge is 2.15. The standard InChI is InChI=1S/C18H20BrN3O/c19-16-6-8-17(9-7-16)21-18(22-10-12-23-13-11-22)20-14-15-4-2-1-3-5-15/h1-9H,10-14H2,(H,20,21). The van der Waals surface area contributed by atoms with Crippen molar-refractivity contribution in [3.05, 3.63) is 64.6 Å². The van der Waals surface area contributed by atoms with Gasteiger partial charge in [0.25, 0.3) is 0 Å². The van der Waals surface area contributed by atoms with Gasteiger partial charge < -0.3 is 15.0 Å². The van der Waals surface area contributed by atoms with Gasteiger partial charge in [0.05, 0.1) is 19.8 Å². The summed E-state index contributed by atoms with van der Waals surface area (Å²) in [6.07, 6.45) is 0. The van der Waals surface area contributed by atoms with Gasteiger partial charge in [0, 0.05) is 23.2 Å². The van der Waals surface area contributed by atoms with Crippen LogP contribution in [-0.4, -0.2) is 37.2 Å². The van der Waals surface area contributed by atoms with Gasteiger partial charge in [0.2, 0.25) is 0 Å². The van der Waals surface area contributed by atoms with Crippen LogP contribution in [0.3, 0.4) is 0 Å². The fraction of sp³-hybridized carbons (Fsp3) is 0.278. The predicted octanol–water partition coefficient (Wildman–Crippen LogP) is 3.75. The Bertz CT molecular complexity index is 637. The van der Waals surface area contributed by atoms with Gasteiger partial charge in [-0.25, -0.2) is 4.99 Å². The smallest absolute Gasteiger partial charge is 0.198 e. The molecule has 1 aliphatic heterocycles. The van der Waals surface area contributed by atoms with E-state index in [0.29, 0.717) is 6.54 Å². The van der Waals surface area contributed by atoms with Gasteiger partial charge in [-0.3, -0.25) is 0 Å². The van der Waals surface area contributed by atoms with Crippen molar-refractivity contribution in [1.29, 1.82) is 0 Å². The minimum atomic E-state index is 0.664. The van der Waals surface area contributed by atoms with Crippen molar-refractivity contribution in [3.63, 3.8) is 0 Å². The van der Waals surface area contributed by atoms with Crippen LogP contribution < -0.4 is 5.32 Å². The summed E-state index contributed by atoms with van der Waals surface area (Å²) in [4.78, 5) is 7.04. The first-order chi connectivity index (χ1) is 11.3.